The molecule has 0 aliphatic carbocycles. The van der Waals surface area contributed by atoms with Gasteiger partial charge >= 0.3 is 0 Å². The Morgan fingerprint density at radius 1 is 1.33 bits per heavy atom. The second-order valence-electron chi connectivity index (χ2n) is 4.95. The number of halogens is 2. The minimum absolute atomic E-state index is 0.00402. The minimum Gasteiger partial charge on any atom is -0.258 e. The SMILES string of the molecule is Cc1ccc([N+](=O)[O-])cc1-c1nc(Cl)c(Br)c(C(C)C)n1. The molecule has 2 rings (SSSR count). The third kappa shape index (κ3) is 3.22. The van der Waals surface area contributed by atoms with Crippen LogP contribution in [0.3, 0.4) is 0 Å². The lowest BCUT2D eigenvalue weighted by atomic mass is 10.1. The number of nitro benzene ring substituents is 1. The van der Waals surface area contributed by atoms with Crippen LogP contribution in [0.2, 0.25) is 5.15 Å². The quantitative estimate of drug-likeness (QED) is 0.438. The van der Waals surface area contributed by atoms with E-state index in [9.17, 15) is 10.1 Å². The maximum atomic E-state index is 10.9. The molecule has 21 heavy (non-hydrogen) atoms. The largest absolute Gasteiger partial charge is 0.270 e. The van der Waals surface area contributed by atoms with Gasteiger partial charge in [0, 0.05) is 17.7 Å². The molecule has 0 spiro atoms. The summed E-state index contributed by atoms with van der Waals surface area (Å²) in [7, 11) is 0. The summed E-state index contributed by atoms with van der Waals surface area (Å²) in [5, 5.41) is 11.2. The van der Waals surface area contributed by atoms with Crippen LogP contribution in [0.5, 0.6) is 0 Å². The monoisotopic (exact) mass is 369 g/mol. The maximum Gasteiger partial charge on any atom is 0.270 e. The number of aryl methyl sites for hydroxylation is 1. The fraction of sp³-hybridized carbons (Fsp3) is 0.286. The predicted octanol–water partition coefficient (Wildman–Crippen LogP) is 4.90. The normalized spacial score (nSPS) is 11.0. The summed E-state index contributed by atoms with van der Waals surface area (Å²) in [6, 6.07) is 4.61. The van der Waals surface area contributed by atoms with E-state index in [1.807, 2.05) is 20.8 Å². The lowest BCUT2D eigenvalue weighted by molar-refractivity contribution is -0.384. The highest BCUT2D eigenvalue weighted by molar-refractivity contribution is 9.10. The number of nitrogens with zero attached hydrogens (tertiary/aromatic N) is 3. The number of rotatable bonds is 3. The first-order valence-corrected chi connectivity index (χ1v) is 7.46. The van der Waals surface area contributed by atoms with Crippen molar-refractivity contribution in [2.45, 2.75) is 26.7 Å². The number of non-ortho nitro benzene ring substituents is 1. The molecular weight excluding hydrogens is 358 g/mol. The molecule has 5 nitrogen and oxygen atoms in total. The zero-order valence-electron chi connectivity index (χ0n) is 11.7. The second kappa shape index (κ2) is 6.07. The Kier molecular flexibility index (Phi) is 4.58. The van der Waals surface area contributed by atoms with E-state index < -0.39 is 4.92 Å². The van der Waals surface area contributed by atoms with E-state index >= 15 is 0 Å². The fourth-order valence-electron chi connectivity index (χ4n) is 1.90. The van der Waals surface area contributed by atoms with Crippen LogP contribution >= 0.6 is 27.5 Å². The van der Waals surface area contributed by atoms with Gasteiger partial charge in [0.2, 0.25) is 0 Å². The van der Waals surface area contributed by atoms with Crippen molar-refractivity contribution in [2.75, 3.05) is 0 Å². The molecule has 0 aliphatic heterocycles. The summed E-state index contributed by atoms with van der Waals surface area (Å²) in [6.07, 6.45) is 0. The lowest BCUT2D eigenvalue weighted by Crippen LogP contribution is -2.02. The van der Waals surface area contributed by atoms with Crippen molar-refractivity contribution in [1.29, 1.82) is 0 Å². The summed E-state index contributed by atoms with van der Waals surface area (Å²) >= 11 is 9.51. The van der Waals surface area contributed by atoms with Crippen molar-refractivity contribution in [1.82, 2.24) is 9.97 Å². The average molecular weight is 371 g/mol. The number of hydrogen-bond donors (Lipinski definition) is 0. The topological polar surface area (TPSA) is 68.9 Å². The Morgan fingerprint density at radius 2 is 2.00 bits per heavy atom. The maximum absolute atomic E-state index is 10.9. The molecule has 0 saturated heterocycles. The molecule has 0 aliphatic rings. The van der Waals surface area contributed by atoms with Crippen molar-refractivity contribution in [3.8, 4) is 11.4 Å². The van der Waals surface area contributed by atoms with Crippen molar-refractivity contribution < 1.29 is 4.92 Å². The lowest BCUT2D eigenvalue weighted by Gasteiger charge is -2.12. The molecule has 0 atom stereocenters. The molecule has 0 amide bonds. The molecule has 1 aromatic heterocycles. The Morgan fingerprint density at radius 3 is 2.57 bits per heavy atom. The molecule has 110 valence electrons. The van der Waals surface area contributed by atoms with E-state index in [1.165, 1.54) is 12.1 Å². The van der Waals surface area contributed by atoms with Gasteiger partial charge in [-0.3, -0.25) is 10.1 Å². The fourth-order valence-corrected chi connectivity index (χ4v) is 2.72. The van der Waals surface area contributed by atoms with Gasteiger partial charge in [-0.05, 0) is 34.3 Å². The Hall–Kier alpha value is -1.53. The smallest absolute Gasteiger partial charge is 0.258 e. The molecule has 1 heterocycles. The van der Waals surface area contributed by atoms with E-state index in [4.69, 9.17) is 11.6 Å². The number of benzene rings is 1. The van der Waals surface area contributed by atoms with E-state index in [0.717, 1.165) is 11.3 Å². The summed E-state index contributed by atoms with van der Waals surface area (Å²) < 4.78 is 0.658. The third-order valence-electron chi connectivity index (χ3n) is 3.06. The summed E-state index contributed by atoms with van der Waals surface area (Å²) in [5.41, 5.74) is 2.24. The predicted molar refractivity (Wildman–Crippen MR) is 85.7 cm³/mol. The van der Waals surface area contributed by atoms with Gasteiger partial charge in [0.05, 0.1) is 15.1 Å². The van der Waals surface area contributed by atoms with Gasteiger partial charge < -0.3 is 0 Å². The highest BCUT2D eigenvalue weighted by Gasteiger charge is 2.17. The zero-order valence-corrected chi connectivity index (χ0v) is 14.1. The Bertz CT molecular complexity index is 720. The molecule has 0 saturated carbocycles. The van der Waals surface area contributed by atoms with E-state index in [2.05, 4.69) is 25.9 Å². The zero-order chi connectivity index (χ0) is 15.7. The Balaban J connectivity index is 2.67. The van der Waals surface area contributed by atoms with Gasteiger partial charge in [-0.15, -0.1) is 0 Å². The third-order valence-corrected chi connectivity index (χ3v) is 4.34. The highest BCUT2D eigenvalue weighted by atomic mass is 79.9. The van der Waals surface area contributed by atoms with Crippen LogP contribution < -0.4 is 0 Å². The first-order chi connectivity index (χ1) is 9.81. The molecular formula is C14H13BrClN3O2. The van der Waals surface area contributed by atoms with Crippen molar-refractivity contribution in [2.24, 2.45) is 0 Å². The van der Waals surface area contributed by atoms with Gasteiger partial charge in [-0.1, -0.05) is 31.5 Å². The van der Waals surface area contributed by atoms with E-state index in [0.29, 0.717) is 21.0 Å². The average Bonchev–Trinajstić information content (AvgIpc) is 2.41. The molecule has 0 unspecified atom stereocenters. The van der Waals surface area contributed by atoms with Gasteiger partial charge in [-0.2, -0.15) is 0 Å². The van der Waals surface area contributed by atoms with Gasteiger partial charge in [0.1, 0.15) is 5.15 Å². The second-order valence-corrected chi connectivity index (χ2v) is 6.10. The summed E-state index contributed by atoms with van der Waals surface area (Å²) in [5.74, 6) is 0.547. The molecule has 7 heteroatoms. The summed E-state index contributed by atoms with van der Waals surface area (Å²) in [6.45, 7) is 5.84. The Labute approximate surface area is 135 Å². The minimum atomic E-state index is -0.438. The van der Waals surface area contributed by atoms with Crippen LogP contribution in [0.4, 0.5) is 5.69 Å². The van der Waals surface area contributed by atoms with Crippen LogP contribution in [0, 0.1) is 17.0 Å². The molecule has 0 bridgehead atoms. The van der Waals surface area contributed by atoms with Crippen molar-refractivity contribution in [3.05, 3.63) is 49.2 Å². The first-order valence-electron chi connectivity index (χ1n) is 6.29. The van der Waals surface area contributed by atoms with Gasteiger partial charge in [0.25, 0.3) is 5.69 Å². The van der Waals surface area contributed by atoms with Crippen LogP contribution in [-0.4, -0.2) is 14.9 Å². The number of hydrogen-bond acceptors (Lipinski definition) is 4. The molecule has 1 aromatic carbocycles. The van der Waals surface area contributed by atoms with Crippen LogP contribution in [0.15, 0.2) is 22.7 Å². The van der Waals surface area contributed by atoms with Crippen LogP contribution in [-0.2, 0) is 0 Å². The molecule has 0 radical (unpaired) electrons. The number of aromatic nitrogens is 2. The van der Waals surface area contributed by atoms with Crippen LogP contribution in [0.25, 0.3) is 11.4 Å². The van der Waals surface area contributed by atoms with Crippen molar-refractivity contribution in [3.63, 3.8) is 0 Å². The molecule has 2 aromatic rings. The van der Waals surface area contributed by atoms with E-state index in [1.54, 1.807) is 6.07 Å². The van der Waals surface area contributed by atoms with Gasteiger partial charge in [0.15, 0.2) is 5.82 Å². The van der Waals surface area contributed by atoms with E-state index in [-0.39, 0.29) is 11.6 Å². The molecule has 0 fully saturated rings. The standard InChI is InChI=1S/C14H13BrClN3O2/c1-7(2)12-11(15)13(16)18-14(17-12)10-6-9(19(20)21)5-4-8(10)3/h4-7H,1-3H3. The number of nitro groups is 1. The van der Waals surface area contributed by atoms with Crippen molar-refractivity contribution >= 4 is 33.2 Å². The molecule has 0 N–H and O–H groups in total. The first kappa shape index (κ1) is 15.9. The summed E-state index contributed by atoms with van der Waals surface area (Å²) in [4.78, 5) is 19.2. The van der Waals surface area contributed by atoms with Crippen LogP contribution in [0.1, 0.15) is 31.0 Å². The van der Waals surface area contributed by atoms with Gasteiger partial charge in [-0.25, -0.2) is 9.97 Å². The highest BCUT2D eigenvalue weighted by Crippen LogP contribution is 2.33.